The van der Waals surface area contributed by atoms with Crippen LogP contribution < -0.4 is 10.2 Å². The van der Waals surface area contributed by atoms with Crippen LogP contribution in [-0.2, 0) is 4.79 Å². The molecule has 1 N–H and O–H groups in total. The first-order chi connectivity index (χ1) is 12.1. The fourth-order valence-corrected chi connectivity index (χ4v) is 4.75. The van der Waals surface area contributed by atoms with Gasteiger partial charge in [-0.2, -0.15) is 0 Å². The molecule has 0 unspecified atom stereocenters. The molecule has 0 saturated carbocycles. The number of aryl methyl sites for hydroxylation is 2. The molecule has 3 saturated heterocycles. The Bertz CT molecular complexity index is 618. The summed E-state index contributed by atoms with van der Waals surface area (Å²) in [5, 5.41) is 3.03. The van der Waals surface area contributed by atoms with Crippen molar-refractivity contribution in [2.45, 2.75) is 38.8 Å². The number of piperazine rings is 2. The van der Waals surface area contributed by atoms with Crippen LogP contribution in [0.15, 0.2) is 18.2 Å². The van der Waals surface area contributed by atoms with Gasteiger partial charge in [0.2, 0.25) is 5.91 Å². The van der Waals surface area contributed by atoms with Gasteiger partial charge in [0, 0.05) is 57.5 Å². The minimum Gasteiger partial charge on any atom is -0.371 e. The molecule has 0 bridgehead atoms. The molecule has 0 aliphatic carbocycles. The van der Waals surface area contributed by atoms with Gasteiger partial charge in [0.15, 0.2) is 0 Å². The number of amides is 1. The lowest BCUT2D eigenvalue weighted by atomic mass is 9.98. The Hall–Kier alpha value is -1.59. The van der Waals surface area contributed by atoms with Crippen LogP contribution in [0, 0.1) is 13.8 Å². The van der Waals surface area contributed by atoms with Gasteiger partial charge >= 0.3 is 0 Å². The number of nitrogens with zero attached hydrogens (tertiary/aromatic N) is 3. The molecule has 3 aliphatic rings. The van der Waals surface area contributed by atoms with Gasteiger partial charge in [-0.05, 0) is 49.9 Å². The van der Waals surface area contributed by atoms with Crippen molar-refractivity contribution in [1.29, 1.82) is 0 Å². The number of carbonyl (C=O) groups is 1. The second-order valence-corrected chi connectivity index (χ2v) is 7.90. The normalized spacial score (nSPS) is 26.4. The summed E-state index contributed by atoms with van der Waals surface area (Å²) < 4.78 is 0. The highest BCUT2D eigenvalue weighted by molar-refractivity contribution is 5.82. The maximum Gasteiger partial charge on any atom is 0.238 e. The van der Waals surface area contributed by atoms with Gasteiger partial charge in [-0.1, -0.05) is 6.07 Å². The number of piperidine rings is 1. The summed E-state index contributed by atoms with van der Waals surface area (Å²) in [5.74, 6) is 0.226. The van der Waals surface area contributed by atoms with E-state index in [2.05, 4.69) is 52.1 Å². The van der Waals surface area contributed by atoms with E-state index < -0.39 is 0 Å². The number of nitrogens with one attached hydrogen (secondary N) is 1. The van der Waals surface area contributed by atoms with E-state index in [1.807, 2.05) is 0 Å². The molecule has 136 valence electrons. The van der Waals surface area contributed by atoms with Crippen LogP contribution in [0.4, 0.5) is 5.69 Å². The van der Waals surface area contributed by atoms with Crippen LogP contribution in [0.2, 0.25) is 0 Å². The molecule has 1 amide bonds. The topological polar surface area (TPSA) is 38.8 Å². The highest BCUT2D eigenvalue weighted by atomic mass is 16.2. The molecule has 25 heavy (non-hydrogen) atoms. The number of hydrogen-bond acceptors (Lipinski definition) is 4. The molecule has 5 nitrogen and oxygen atoms in total. The van der Waals surface area contributed by atoms with Crippen molar-refractivity contribution in [3.63, 3.8) is 0 Å². The second-order valence-electron chi connectivity index (χ2n) is 7.90. The maximum absolute atomic E-state index is 12.2. The highest BCUT2D eigenvalue weighted by Gasteiger charge is 2.37. The third kappa shape index (κ3) is 3.53. The molecule has 1 aromatic carbocycles. The Kier molecular flexibility index (Phi) is 4.69. The van der Waals surface area contributed by atoms with Crippen molar-refractivity contribution in [2.24, 2.45) is 0 Å². The van der Waals surface area contributed by atoms with E-state index in [1.54, 1.807) is 0 Å². The molecule has 0 spiro atoms. The average molecular weight is 342 g/mol. The predicted molar refractivity (Wildman–Crippen MR) is 101 cm³/mol. The van der Waals surface area contributed by atoms with Gasteiger partial charge in [-0.25, -0.2) is 0 Å². The summed E-state index contributed by atoms with van der Waals surface area (Å²) in [7, 11) is 0. The summed E-state index contributed by atoms with van der Waals surface area (Å²) in [4.78, 5) is 19.6. The fourth-order valence-electron chi connectivity index (χ4n) is 4.75. The van der Waals surface area contributed by atoms with E-state index in [4.69, 9.17) is 0 Å². The minimum absolute atomic E-state index is 0.0694. The number of carbonyl (C=O) groups excluding carboxylic acids is 1. The van der Waals surface area contributed by atoms with Crippen LogP contribution in [0.25, 0.3) is 0 Å². The molecule has 3 aliphatic heterocycles. The highest BCUT2D eigenvalue weighted by Crippen LogP contribution is 2.26. The summed E-state index contributed by atoms with van der Waals surface area (Å²) in [5.41, 5.74) is 4.06. The molecule has 5 heteroatoms. The number of hydrogen-bond donors (Lipinski definition) is 1. The van der Waals surface area contributed by atoms with E-state index in [-0.39, 0.29) is 11.9 Å². The lowest BCUT2D eigenvalue weighted by molar-refractivity contribution is -0.132. The van der Waals surface area contributed by atoms with Crippen LogP contribution >= 0.6 is 0 Å². The van der Waals surface area contributed by atoms with Crippen molar-refractivity contribution >= 4 is 11.6 Å². The number of benzene rings is 1. The van der Waals surface area contributed by atoms with E-state index in [0.29, 0.717) is 6.04 Å². The molecular weight excluding hydrogens is 312 g/mol. The molecule has 4 rings (SSSR count). The van der Waals surface area contributed by atoms with Gasteiger partial charge in [0.25, 0.3) is 0 Å². The second kappa shape index (κ2) is 6.96. The lowest BCUT2D eigenvalue weighted by Crippen LogP contribution is -2.65. The first kappa shape index (κ1) is 16.9. The predicted octanol–water partition coefficient (Wildman–Crippen LogP) is 1.39. The third-order valence-electron chi connectivity index (χ3n) is 6.08. The Morgan fingerprint density at radius 1 is 0.920 bits per heavy atom. The zero-order valence-electron chi connectivity index (χ0n) is 15.5. The summed E-state index contributed by atoms with van der Waals surface area (Å²) in [6.07, 6.45) is 2.39. The van der Waals surface area contributed by atoms with Crippen LogP contribution in [0.5, 0.6) is 0 Å². The zero-order valence-corrected chi connectivity index (χ0v) is 15.5. The summed E-state index contributed by atoms with van der Waals surface area (Å²) in [6, 6.07) is 7.54. The Morgan fingerprint density at radius 3 is 2.32 bits per heavy atom. The largest absolute Gasteiger partial charge is 0.371 e. The van der Waals surface area contributed by atoms with Crippen LogP contribution in [0.1, 0.15) is 24.0 Å². The van der Waals surface area contributed by atoms with Gasteiger partial charge < -0.3 is 10.2 Å². The SMILES string of the molecule is Cc1cc(C)cc(N2CCC(N3CCN4CCNC(=O)[C@H]4C3)CC2)c1. The molecule has 1 atom stereocenters. The van der Waals surface area contributed by atoms with Crippen molar-refractivity contribution in [3.05, 3.63) is 29.3 Å². The van der Waals surface area contributed by atoms with Gasteiger partial charge in [-0.3, -0.25) is 14.6 Å². The van der Waals surface area contributed by atoms with Gasteiger partial charge in [0.05, 0.1) is 0 Å². The molecule has 3 heterocycles. The lowest BCUT2D eigenvalue weighted by Gasteiger charge is -2.47. The Labute approximate surface area is 151 Å². The van der Waals surface area contributed by atoms with E-state index in [1.165, 1.54) is 29.7 Å². The smallest absolute Gasteiger partial charge is 0.238 e. The number of anilines is 1. The first-order valence-electron chi connectivity index (χ1n) is 9.69. The van der Waals surface area contributed by atoms with Crippen molar-refractivity contribution in [1.82, 2.24) is 15.1 Å². The first-order valence-corrected chi connectivity index (χ1v) is 9.69. The zero-order chi connectivity index (χ0) is 17.4. The van der Waals surface area contributed by atoms with E-state index in [0.717, 1.165) is 45.8 Å². The molecule has 3 fully saturated rings. The maximum atomic E-state index is 12.2. The Balaban J connectivity index is 1.36. The van der Waals surface area contributed by atoms with Crippen molar-refractivity contribution < 1.29 is 4.79 Å². The average Bonchev–Trinajstić information content (AvgIpc) is 2.61. The van der Waals surface area contributed by atoms with Crippen LogP contribution in [0.3, 0.4) is 0 Å². The molecule has 1 aromatic rings. The molecule has 0 aromatic heterocycles. The standard InChI is InChI=1S/C20H30N4O/c1-15-11-16(2)13-18(12-15)22-6-3-17(4-7-22)24-10-9-23-8-5-21-20(25)19(23)14-24/h11-13,17,19H,3-10,14H2,1-2H3,(H,21,25)/t19-/m1/s1. The third-order valence-corrected chi connectivity index (χ3v) is 6.08. The van der Waals surface area contributed by atoms with E-state index >= 15 is 0 Å². The Morgan fingerprint density at radius 2 is 1.60 bits per heavy atom. The monoisotopic (exact) mass is 342 g/mol. The fraction of sp³-hybridized carbons (Fsp3) is 0.650. The molecular formula is C20H30N4O. The number of fused-ring (bicyclic) bond motifs is 1. The van der Waals surface area contributed by atoms with Crippen molar-refractivity contribution in [2.75, 3.05) is 50.7 Å². The molecule has 0 radical (unpaired) electrons. The van der Waals surface area contributed by atoms with Crippen molar-refractivity contribution in [3.8, 4) is 0 Å². The summed E-state index contributed by atoms with van der Waals surface area (Å²) in [6.45, 7) is 11.5. The number of rotatable bonds is 2. The van der Waals surface area contributed by atoms with Gasteiger partial charge in [-0.15, -0.1) is 0 Å². The van der Waals surface area contributed by atoms with Gasteiger partial charge in [0.1, 0.15) is 6.04 Å². The van der Waals surface area contributed by atoms with Crippen LogP contribution in [-0.4, -0.2) is 73.6 Å². The minimum atomic E-state index is 0.0694. The summed E-state index contributed by atoms with van der Waals surface area (Å²) >= 11 is 0. The quantitative estimate of drug-likeness (QED) is 0.882. The van der Waals surface area contributed by atoms with E-state index in [9.17, 15) is 4.79 Å².